The number of carbonyl (C=O) groups excluding carboxylic acids is 1. The number of hydrogen-bond acceptors (Lipinski definition) is 4. The standard InChI is InChI=1S/C24H25ClO4S/c1-15-23(26)13-19(24(15)27)12-18-4-2-3-17-11-16(5-10-22(17)18)14-30(28,29)21-8-6-20(25)7-9-21/h2-4,6-9,16,19,27H,5,10-14H2,1H3. The molecule has 0 bridgehead atoms. The summed E-state index contributed by atoms with van der Waals surface area (Å²) in [5.41, 5.74) is 4.07. The molecule has 0 radical (unpaired) electrons. The summed E-state index contributed by atoms with van der Waals surface area (Å²) in [6.45, 7) is 1.68. The molecule has 0 spiro atoms. The molecule has 0 fully saturated rings. The average molecular weight is 445 g/mol. The number of allylic oxidation sites excluding steroid dienone is 2. The van der Waals surface area contributed by atoms with Crippen LogP contribution < -0.4 is 0 Å². The van der Waals surface area contributed by atoms with Crippen molar-refractivity contribution in [3.63, 3.8) is 0 Å². The van der Waals surface area contributed by atoms with Crippen molar-refractivity contribution in [1.29, 1.82) is 0 Å². The summed E-state index contributed by atoms with van der Waals surface area (Å²) in [7, 11) is -3.36. The molecule has 2 unspecified atom stereocenters. The van der Waals surface area contributed by atoms with E-state index in [9.17, 15) is 18.3 Å². The predicted octanol–water partition coefficient (Wildman–Crippen LogP) is 4.88. The van der Waals surface area contributed by atoms with E-state index in [4.69, 9.17) is 11.6 Å². The Hall–Kier alpha value is -2.11. The molecular formula is C24H25ClO4S. The number of aliphatic hydroxyl groups excluding tert-OH is 1. The first-order valence-corrected chi connectivity index (χ1v) is 12.3. The fraction of sp³-hybridized carbons (Fsp3) is 0.375. The molecule has 30 heavy (non-hydrogen) atoms. The van der Waals surface area contributed by atoms with Crippen molar-refractivity contribution in [1.82, 2.24) is 0 Å². The summed E-state index contributed by atoms with van der Waals surface area (Å²) in [5, 5.41) is 10.8. The van der Waals surface area contributed by atoms with Gasteiger partial charge < -0.3 is 5.11 Å². The highest BCUT2D eigenvalue weighted by Gasteiger charge is 2.31. The molecule has 6 heteroatoms. The number of carbonyl (C=O) groups is 1. The zero-order chi connectivity index (χ0) is 21.5. The van der Waals surface area contributed by atoms with Crippen LogP contribution >= 0.6 is 11.6 Å². The van der Waals surface area contributed by atoms with Gasteiger partial charge in [-0.1, -0.05) is 29.8 Å². The van der Waals surface area contributed by atoms with E-state index in [2.05, 4.69) is 12.1 Å². The Kier molecular flexibility index (Phi) is 5.78. The number of rotatable bonds is 5. The second-order valence-corrected chi connectivity index (χ2v) is 10.9. The van der Waals surface area contributed by atoms with Gasteiger partial charge in [-0.05, 0) is 79.5 Å². The molecule has 2 aliphatic rings. The molecule has 0 saturated carbocycles. The van der Waals surface area contributed by atoms with Crippen molar-refractivity contribution in [3.05, 3.63) is 75.5 Å². The largest absolute Gasteiger partial charge is 0.512 e. The average Bonchev–Trinajstić information content (AvgIpc) is 2.95. The Morgan fingerprint density at radius 1 is 1.10 bits per heavy atom. The van der Waals surface area contributed by atoms with Crippen molar-refractivity contribution in [2.45, 2.75) is 43.9 Å². The van der Waals surface area contributed by atoms with Crippen LogP contribution in [-0.4, -0.2) is 25.1 Å². The van der Waals surface area contributed by atoms with Crippen LogP contribution in [0, 0.1) is 11.8 Å². The van der Waals surface area contributed by atoms with Crippen molar-refractivity contribution in [3.8, 4) is 0 Å². The van der Waals surface area contributed by atoms with E-state index in [1.54, 1.807) is 31.2 Å². The minimum Gasteiger partial charge on any atom is -0.512 e. The number of sulfone groups is 1. The van der Waals surface area contributed by atoms with Gasteiger partial charge in [-0.2, -0.15) is 0 Å². The number of aliphatic hydroxyl groups is 1. The lowest BCUT2D eigenvalue weighted by Crippen LogP contribution is -2.24. The Bertz CT molecular complexity index is 1120. The fourth-order valence-corrected chi connectivity index (χ4v) is 6.47. The molecule has 2 aromatic rings. The zero-order valence-electron chi connectivity index (χ0n) is 16.9. The van der Waals surface area contributed by atoms with Gasteiger partial charge >= 0.3 is 0 Å². The maximum absolute atomic E-state index is 12.8. The smallest absolute Gasteiger partial charge is 0.178 e. The Morgan fingerprint density at radius 3 is 2.50 bits per heavy atom. The highest BCUT2D eigenvalue weighted by atomic mass is 35.5. The molecule has 2 aliphatic carbocycles. The van der Waals surface area contributed by atoms with Crippen LogP contribution in [0.1, 0.15) is 36.5 Å². The highest BCUT2D eigenvalue weighted by molar-refractivity contribution is 7.91. The molecule has 2 aromatic carbocycles. The van der Waals surface area contributed by atoms with E-state index in [1.807, 2.05) is 6.07 Å². The summed E-state index contributed by atoms with van der Waals surface area (Å²) >= 11 is 5.88. The van der Waals surface area contributed by atoms with E-state index in [-0.39, 0.29) is 29.1 Å². The van der Waals surface area contributed by atoms with Gasteiger partial charge in [-0.3, -0.25) is 4.79 Å². The molecule has 2 atom stereocenters. The third-order valence-electron chi connectivity index (χ3n) is 6.40. The lowest BCUT2D eigenvalue weighted by molar-refractivity contribution is -0.115. The van der Waals surface area contributed by atoms with Crippen LogP contribution in [0.25, 0.3) is 0 Å². The first-order chi connectivity index (χ1) is 14.2. The normalized spacial score (nSPS) is 21.7. The van der Waals surface area contributed by atoms with Crippen molar-refractivity contribution < 1.29 is 18.3 Å². The molecular weight excluding hydrogens is 420 g/mol. The third-order valence-corrected chi connectivity index (χ3v) is 8.55. The lowest BCUT2D eigenvalue weighted by atomic mass is 9.80. The topological polar surface area (TPSA) is 71.4 Å². The van der Waals surface area contributed by atoms with Crippen LogP contribution in [0.3, 0.4) is 0 Å². The molecule has 0 aliphatic heterocycles. The zero-order valence-corrected chi connectivity index (χ0v) is 18.5. The maximum atomic E-state index is 12.8. The van der Waals surface area contributed by atoms with Gasteiger partial charge in [0.1, 0.15) is 5.76 Å². The van der Waals surface area contributed by atoms with E-state index in [0.717, 1.165) is 24.8 Å². The van der Waals surface area contributed by atoms with Crippen molar-refractivity contribution in [2.75, 3.05) is 5.75 Å². The van der Waals surface area contributed by atoms with E-state index < -0.39 is 9.84 Å². The number of hydrogen-bond donors (Lipinski definition) is 1. The summed E-state index contributed by atoms with van der Waals surface area (Å²) in [5.74, 6) is 0.289. The molecule has 1 N–H and O–H groups in total. The number of benzene rings is 2. The van der Waals surface area contributed by atoms with Gasteiger partial charge in [-0.25, -0.2) is 8.42 Å². The minimum atomic E-state index is -3.36. The number of fused-ring (bicyclic) bond motifs is 1. The van der Waals surface area contributed by atoms with Crippen molar-refractivity contribution in [2.24, 2.45) is 11.8 Å². The van der Waals surface area contributed by atoms with Crippen LogP contribution in [-0.2, 0) is 33.9 Å². The second kappa shape index (κ2) is 8.20. The van der Waals surface area contributed by atoms with E-state index >= 15 is 0 Å². The molecule has 0 saturated heterocycles. The highest BCUT2D eigenvalue weighted by Crippen LogP contribution is 2.35. The molecule has 4 rings (SSSR count). The molecule has 4 nitrogen and oxygen atoms in total. The van der Waals surface area contributed by atoms with Gasteiger partial charge in [-0.15, -0.1) is 0 Å². The van der Waals surface area contributed by atoms with E-state index in [1.165, 1.54) is 11.1 Å². The van der Waals surface area contributed by atoms with Crippen molar-refractivity contribution >= 4 is 27.2 Å². The maximum Gasteiger partial charge on any atom is 0.178 e. The first kappa shape index (κ1) is 21.1. The van der Waals surface area contributed by atoms with Crippen LogP contribution in [0.4, 0.5) is 0 Å². The molecule has 158 valence electrons. The molecule has 0 heterocycles. The predicted molar refractivity (Wildman–Crippen MR) is 118 cm³/mol. The van der Waals surface area contributed by atoms with Crippen LogP contribution in [0.15, 0.2) is 58.7 Å². The van der Waals surface area contributed by atoms with Gasteiger partial charge in [0.25, 0.3) is 0 Å². The minimum absolute atomic E-state index is 0.0229. The Balaban J connectivity index is 1.49. The fourth-order valence-electron chi connectivity index (χ4n) is 4.70. The van der Waals surface area contributed by atoms with Gasteiger partial charge in [0.2, 0.25) is 0 Å². The SMILES string of the molecule is CC1=C(O)C(Cc2cccc3c2CCC(CS(=O)(=O)c2ccc(Cl)cc2)C3)CC1=O. The van der Waals surface area contributed by atoms with Gasteiger partial charge in [0, 0.05) is 22.9 Å². The van der Waals surface area contributed by atoms with Crippen LogP contribution in [0.5, 0.6) is 0 Å². The Morgan fingerprint density at radius 2 is 1.83 bits per heavy atom. The molecule has 0 aromatic heterocycles. The summed E-state index contributed by atoms with van der Waals surface area (Å²) in [6.07, 6.45) is 3.35. The van der Waals surface area contributed by atoms with Gasteiger partial charge in [0.15, 0.2) is 15.6 Å². The Labute approximate surface area is 182 Å². The van der Waals surface area contributed by atoms with E-state index in [0.29, 0.717) is 28.3 Å². The summed E-state index contributed by atoms with van der Waals surface area (Å²) in [6, 6.07) is 12.5. The summed E-state index contributed by atoms with van der Waals surface area (Å²) < 4.78 is 25.6. The number of halogens is 1. The van der Waals surface area contributed by atoms with Crippen LogP contribution in [0.2, 0.25) is 5.02 Å². The quantitative estimate of drug-likeness (QED) is 0.713. The number of ketones is 1. The van der Waals surface area contributed by atoms with Gasteiger partial charge in [0.05, 0.1) is 10.6 Å². The first-order valence-electron chi connectivity index (χ1n) is 10.3. The third kappa shape index (κ3) is 4.19. The molecule has 0 amide bonds. The monoisotopic (exact) mass is 444 g/mol. The lowest BCUT2D eigenvalue weighted by Gasteiger charge is -2.27. The second-order valence-electron chi connectivity index (χ2n) is 8.44. The summed E-state index contributed by atoms with van der Waals surface area (Å²) in [4.78, 5) is 12.2. The number of Topliss-reactive ketones (excluding diaryl/α,β-unsaturated/α-hetero) is 1.